The van der Waals surface area contributed by atoms with Gasteiger partial charge in [0.2, 0.25) is 0 Å². The molecule has 3 atom stereocenters. The lowest BCUT2D eigenvalue weighted by Crippen LogP contribution is -2.26. The van der Waals surface area contributed by atoms with E-state index in [1.54, 1.807) is 6.07 Å². The maximum absolute atomic E-state index is 12.8. The Morgan fingerprint density at radius 1 is 1.32 bits per heavy atom. The first-order valence-corrected chi connectivity index (χ1v) is 7.32. The van der Waals surface area contributed by atoms with Gasteiger partial charge in [0, 0.05) is 25.7 Å². The van der Waals surface area contributed by atoms with Crippen LogP contribution in [0.1, 0.15) is 37.4 Å². The molecule has 3 nitrogen and oxygen atoms in total. The first-order chi connectivity index (χ1) is 9.22. The van der Waals surface area contributed by atoms with Gasteiger partial charge in [0.05, 0.1) is 11.9 Å². The molecule has 1 aliphatic carbocycles. The van der Waals surface area contributed by atoms with Gasteiger partial charge in [-0.3, -0.25) is 4.98 Å². The van der Waals surface area contributed by atoms with Crippen LogP contribution >= 0.6 is 0 Å². The van der Waals surface area contributed by atoms with Crippen LogP contribution in [0, 0.1) is 17.7 Å². The van der Waals surface area contributed by atoms with E-state index in [1.807, 2.05) is 0 Å². The third kappa shape index (κ3) is 2.95. The van der Waals surface area contributed by atoms with Gasteiger partial charge in [0.25, 0.3) is 0 Å². The molecule has 2 aliphatic rings. The van der Waals surface area contributed by atoms with E-state index in [0.717, 1.165) is 30.5 Å². The summed E-state index contributed by atoms with van der Waals surface area (Å²) in [6, 6.07) is 3.04. The first kappa shape index (κ1) is 13.0. The second-order valence-corrected chi connectivity index (χ2v) is 6.01. The fourth-order valence-electron chi connectivity index (χ4n) is 3.59. The van der Waals surface area contributed by atoms with E-state index in [-0.39, 0.29) is 11.9 Å². The van der Waals surface area contributed by atoms with Gasteiger partial charge in [0.1, 0.15) is 5.82 Å². The summed E-state index contributed by atoms with van der Waals surface area (Å²) in [5.74, 6) is 1.56. The Morgan fingerprint density at radius 2 is 2.05 bits per heavy atom. The van der Waals surface area contributed by atoms with Crippen molar-refractivity contribution in [2.45, 2.75) is 31.7 Å². The zero-order valence-electron chi connectivity index (χ0n) is 11.3. The van der Waals surface area contributed by atoms with Crippen molar-refractivity contribution in [3.8, 4) is 0 Å². The molecule has 104 valence electrons. The smallest absolute Gasteiger partial charge is 0.141 e. The Bertz CT molecular complexity index is 408. The Kier molecular flexibility index (Phi) is 3.80. The third-order valence-corrected chi connectivity index (χ3v) is 4.69. The molecule has 0 spiro atoms. The highest BCUT2D eigenvalue weighted by molar-refractivity contribution is 5.09. The number of halogens is 1. The quantitative estimate of drug-likeness (QED) is 0.906. The minimum absolute atomic E-state index is 0.0824. The maximum Gasteiger partial charge on any atom is 0.141 e. The second-order valence-electron chi connectivity index (χ2n) is 6.01. The molecule has 19 heavy (non-hydrogen) atoms. The normalized spacial score (nSPS) is 28.5. The van der Waals surface area contributed by atoms with Crippen molar-refractivity contribution in [1.82, 2.24) is 9.88 Å². The predicted octanol–water partition coefficient (Wildman–Crippen LogP) is 2.34. The first-order valence-electron chi connectivity index (χ1n) is 7.32. The van der Waals surface area contributed by atoms with Gasteiger partial charge >= 0.3 is 0 Å². The molecule has 0 bridgehead atoms. The molecule has 1 aromatic heterocycles. The van der Waals surface area contributed by atoms with Crippen molar-refractivity contribution in [3.63, 3.8) is 0 Å². The minimum atomic E-state index is -0.302. The van der Waals surface area contributed by atoms with Crippen LogP contribution in [0.25, 0.3) is 0 Å². The van der Waals surface area contributed by atoms with Crippen molar-refractivity contribution in [1.29, 1.82) is 0 Å². The lowest BCUT2D eigenvalue weighted by atomic mass is 10.0. The van der Waals surface area contributed by atoms with Gasteiger partial charge in [-0.05, 0) is 43.2 Å². The molecule has 3 unspecified atom stereocenters. The van der Waals surface area contributed by atoms with Crippen LogP contribution in [0.5, 0.6) is 0 Å². The summed E-state index contributed by atoms with van der Waals surface area (Å²) in [5, 5.41) is 0. The molecule has 1 saturated heterocycles. The monoisotopic (exact) mass is 263 g/mol. The summed E-state index contributed by atoms with van der Waals surface area (Å²) < 4.78 is 12.8. The fourth-order valence-corrected chi connectivity index (χ4v) is 3.59. The number of fused-ring (bicyclic) bond motifs is 1. The van der Waals surface area contributed by atoms with Crippen molar-refractivity contribution in [2.24, 2.45) is 17.6 Å². The van der Waals surface area contributed by atoms with E-state index in [4.69, 9.17) is 5.73 Å². The molecule has 1 aliphatic heterocycles. The van der Waals surface area contributed by atoms with Crippen molar-refractivity contribution >= 4 is 0 Å². The summed E-state index contributed by atoms with van der Waals surface area (Å²) in [7, 11) is 0. The highest BCUT2D eigenvalue weighted by Crippen LogP contribution is 2.37. The molecule has 2 heterocycles. The van der Waals surface area contributed by atoms with Gasteiger partial charge in [-0.1, -0.05) is 6.42 Å². The van der Waals surface area contributed by atoms with Crippen LogP contribution < -0.4 is 5.73 Å². The lowest BCUT2D eigenvalue weighted by Gasteiger charge is -2.19. The molecule has 0 radical (unpaired) electrons. The molecule has 1 aromatic rings. The fraction of sp³-hybridized carbons (Fsp3) is 0.667. The average Bonchev–Trinajstić information content (AvgIpc) is 2.97. The van der Waals surface area contributed by atoms with Crippen LogP contribution in [0.3, 0.4) is 0 Å². The van der Waals surface area contributed by atoms with Crippen molar-refractivity contribution in [3.05, 3.63) is 29.8 Å². The van der Waals surface area contributed by atoms with Gasteiger partial charge < -0.3 is 10.6 Å². The summed E-state index contributed by atoms with van der Waals surface area (Å²) in [5.41, 5.74) is 6.92. The zero-order valence-corrected chi connectivity index (χ0v) is 11.3. The van der Waals surface area contributed by atoms with Crippen LogP contribution in [-0.2, 0) is 0 Å². The van der Waals surface area contributed by atoms with Gasteiger partial charge in [-0.25, -0.2) is 4.39 Å². The number of rotatable bonds is 4. The standard InChI is InChI=1S/C15H22FN3/c16-13-4-5-15(18-8-13)14(17)6-7-19-9-11-2-1-3-12(11)10-19/h4-5,8,11-12,14H,1-3,6-7,9-10,17H2. The molecule has 2 fully saturated rings. The molecular formula is C15H22FN3. The Balaban J connectivity index is 1.48. The molecule has 1 saturated carbocycles. The Morgan fingerprint density at radius 3 is 2.68 bits per heavy atom. The summed E-state index contributed by atoms with van der Waals surface area (Å²) in [4.78, 5) is 6.60. The van der Waals surface area contributed by atoms with Gasteiger partial charge in [-0.15, -0.1) is 0 Å². The van der Waals surface area contributed by atoms with Gasteiger partial charge in [-0.2, -0.15) is 0 Å². The summed E-state index contributed by atoms with van der Waals surface area (Å²) >= 11 is 0. The predicted molar refractivity (Wildman–Crippen MR) is 73.0 cm³/mol. The van der Waals surface area contributed by atoms with E-state index in [0.29, 0.717) is 0 Å². The lowest BCUT2D eigenvalue weighted by molar-refractivity contribution is 0.297. The maximum atomic E-state index is 12.8. The molecule has 3 rings (SSSR count). The topological polar surface area (TPSA) is 42.1 Å². The second kappa shape index (κ2) is 5.55. The Labute approximate surface area is 114 Å². The van der Waals surface area contributed by atoms with Crippen LogP contribution in [0.15, 0.2) is 18.3 Å². The van der Waals surface area contributed by atoms with E-state index in [1.165, 1.54) is 44.6 Å². The number of likely N-dealkylation sites (tertiary alicyclic amines) is 1. The van der Waals surface area contributed by atoms with Crippen LogP contribution in [-0.4, -0.2) is 29.5 Å². The van der Waals surface area contributed by atoms with E-state index < -0.39 is 0 Å². The molecule has 4 heteroatoms. The highest BCUT2D eigenvalue weighted by atomic mass is 19.1. The average molecular weight is 263 g/mol. The van der Waals surface area contributed by atoms with Crippen LogP contribution in [0.4, 0.5) is 4.39 Å². The van der Waals surface area contributed by atoms with Gasteiger partial charge in [0.15, 0.2) is 0 Å². The van der Waals surface area contributed by atoms with Crippen LogP contribution in [0.2, 0.25) is 0 Å². The van der Waals surface area contributed by atoms with E-state index in [9.17, 15) is 4.39 Å². The molecule has 0 amide bonds. The molecular weight excluding hydrogens is 241 g/mol. The molecule has 2 N–H and O–H groups in total. The minimum Gasteiger partial charge on any atom is -0.323 e. The largest absolute Gasteiger partial charge is 0.323 e. The molecule has 0 aromatic carbocycles. The zero-order chi connectivity index (χ0) is 13.2. The Hall–Kier alpha value is -1.00. The SMILES string of the molecule is NC(CCN1CC2CCCC2C1)c1ccc(F)cn1. The highest BCUT2D eigenvalue weighted by Gasteiger charge is 2.35. The summed E-state index contributed by atoms with van der Waals surface area (Å²) in [6.45, 7) is 3.52. The van der Waals surface area contributed by atoms with Crippen molar-refractivity contribution < 1.29 is 4.39 Å². The summed E-state index contributed by atoms with van der Waals surface area (Å²) in [6.07, 6.45) is 6.38. The number of pyridine rings is 1. The number of hydrogen-bond acceptors (Lipinski definition) is 3. The van der Waals surface area contributed by atoms with Crippen molar-refractivity contribution in [2.75, 3.05) is 19.6 Å². The van der Waals surface area contributed by atoms with E-state index in [2.05, 4.69) is 9.88 Å². The number of nitrogens with two attached hydrogens (primary N) is 1. The third-order valence-electron chi connectivity index (χ3n) is 4.69. The van der Waals surface area contributed by atoms with E-state index >= 15 is 0 Å². The number of nitrogens with zero attached hydrogens (tertiary/aromatic N) is 2. The number of aromatic nitrogens is 1. The number of hydrogen-bond donors (Lipinski definition) is 1.